The molecule has 0 saturated carbocycles. The number of pyridine rings is 2. The summed E-state index contributed by atoms with van der Waals surface area (Å²) in [5, 5.41) is 5.70. The Morgan fingerprint density at radius 2 is 1.94 bits per heavy atom. The first-order valence-electron chi connectivity index (χ1n) is 10.3. The Morgan fingerprint density at radius 1 is 1.03 bits per heavy atom. The molecule has 6 rings (SSSR count). The van der Waals surface area contributed by atoms with Crippen molar-refractivity contribution >= 4 is 27.5 Å². The number of fused-ring (bicyclic) bond motifs is 3. The largest absolute Gasteiger partial charge is 0.346 e. The first-order valence-corrected chi connectivity index (χ1v) is 11.8. The molecule has 8 heteroatoms. The quantitative estimate of drug-likeness (QED) is 0.470. The van der Waals surface area contributed by atoms with Crippen LogP contribution in [0.2, 0.25) is 0 Å². The molecule has 0 amide bonds. The van der Waals surface area contributed by atoms with E-state index in [1.807, 2.05) is 47.5 Å². The smallest absolute Gasteiger partial charge is 0.165 e. The van der Waals surface area contributed by atoms with Gasteiger partial charge in [0.15, 0.2) is 5.65 Å². The highest BCUT2D eigenvalue weighted by molar-refractivity contribution is 7.85. The Balaban J connectivity index is 1.46. The van der Waals surface area contributed by atoms with Gasteiger partial charge in [-0.2, -0.15) is 9.61 Å². The third-order valence-corrected chi connectivity index (χ3v) is 7.37. The summed E-state index contributed by atoms with van der Waals surface area (Å²) in [5.74, 6) is 1.81. The van der Waals surface area contributed by atoms with Crippen LogP contribution in [0.4, 0.5) is 0 Å². The summed E-state index contributed by atoms with van der Waals surface area (Å²) in [6.07, 6.45) is 11.0. The van der Waals surface area contributed by atoms with Crippen LogP contribution in [-0.2, 0) is 10.8 Å². The predicted octanol–water partition coefficient (Wildman–Crippen LogP) is 3.96. The number of aromatic nitrogens is 6. The molecule has 1 aliphatic rings. The molecule has 0 atom stereocenters. The van der Waals surface area contributed by atoms with E-state index in [1.54, 1.807) is 6.20 Å². The van der Waals surface area contributed by atoms with E-state index in [2.05, 4.69) is 32.2 Å². The average molecular weight is 429 g/mol. The minimum Gasteiger partial charge on any atom is -0.346 e. The lowest BCUT2D eigenvalue weighted by Gasteiger charge is -2.21. The normalized spacial score (nSPS) is 19.2. The lowest BCUT2D eigenvalue weighted by Crippen LogP contribution is -2.18. The zero-order chi connectivity index (χ0) is 20.8. The predicted molar refractivity (Wildman–Crippen MR) is 121 cm³/mol. The number of rotatable bonds is 3. The van der Waals surface area contributed by atoms with E-state index in [9.17, 15) is 4.21 Å². The van der Waals surface area contributed by atoms with Gasteiger partial charge in [0, 0.05) is 75.1 Å². The third-order valence-electron chi connectivity index (χ3n) is 5.99. The Hall–Kier alpha value is -3.39. The summed E-state index contributed by atoms with van der Waals surface area (Å²) in [4.78, 5) is 17.2. The molecule has 0 unspecified atom stereocenters. The van der Waals surface area contributed by atoms with Crippen LogP contribution in [0.3, 0.4) is 0 Å². The van der Waals surface area contributed by atoms with Crippen LogP contribution < -0.4 is 0 Å². The fourth-order valence-corrected chi connectivity index (χ4v) is 5.65. The van der Waals surface area contributed by atoms with Crippen LogP contribution in [0.1, 0.15) is 24.5 Å². The number of nitrogens with zero attached hydrogens (tertiary/aromatic N) is 5. The van der Waals surface area contributed by atoms with E-state index in [0.717, 1.165) is 69.1 Å². The van der Waals surface area contributed by atoms with Crippen molar-refractivity contribution in [3.8, 4) is 22.4 Å². The van der Waals surface area contributed by atoms with E-state index < -0.39 is 10.8 Å². The van der Waals surface area contributed by atoms with Crippen molar-refractivity contribution in [2.24, 2.45) is 0 Å². The molecule has 5 aromatic heterocycles. The lowest BCUT2D eigenvalue weighted by molar-refractivity contribution is 0.597. The van der Waals surface area contributed by atoms with Crippen molar-refractivity contribution in [2.75, 3.05) is 11.5 Å². The van der Waals surface area contributed by atoms with Crippen LogP contribution in [0.5, 0.6) is 0 Å². The first-order chi connectivity index (χ1) is 15.3. The molecule has 154 valence electrons. The second-order valence-corrected chi connectivity index (χ2v) is 9.52. The molecular formula is C23H20N6OS. The van der Waals surface area contributed by atoms with Crippen molar-refractivity contribution in [3.63, 3.8) is 0 Å². The van der Waals surface area contributed by atoms with Gasteiger partial charge in [-0.25, -0.2) is 4.98 Å². The summed E-state index contributed by atoms with van der Waals surface area (Å²) < 4.78 is 13.7. The van der Waals surface area contributed by atoms with Crippen molar-refractivity contribution in [3.05, 3.63) is 67.0 Å². The van der Waals surface area contributed by atoms with Gasteiger partial charge in [-0.3, -0.25) is 14.2 Å². The van der Waals surface area contributed by atoms with Gasteiger partial charge in [-0.1, -0.05) is 6.07 Å². The Kier molecular flexibility index (Phi) is 4.38. The second-order valence-electron chi connectivity index (χ2n) is 7.83. The minimum absolute atomic E-state index is 0.315. The number of hydrogen-bond acceptors (Lipinski definition) is 5. The molecule has 1 saturated heterocycles. The second kappa shape index (κ2) is 7.39. The maximum Gasteiger partial charge on any atom is 0.165 e. The molecule has 31 heavy (non-hydrogen) atoms. The summed E-state index contributed by atoms with van der Waals surface area (Å²) in [7, 11) is -0.696. The summed E-state index contributed by atoms with van der Waals surface area (Å²) in [5.41, 5.74) is 6.60. The highest BCUT2D eigenvalue weighted by Crippen LogP contribution is 2.34. The van der Waals surface area contributed by atoms with Gasteiger partial charge >= 0.3 is 0 Å². The molecule has 7 nitrogen and oxygen atoms in total. The van der Waals surface area contributed by atoms with Crippen LogP contribution in [0.15, 0.2) is 61.3 Å². The van der Waals surface area contributed by atoms with Gasteiger partial charge in [-0.05, 0) is 37.1 Å². The molecule has 1 fully saturated rings. The average Bonchev–Trinajstić information content (AvgIpc) is 3.47. The highest BCUT2D eigenvalue weighted by atomic mass is 32.2. The molecule has 0 radical (unpaired) electrons. The van der Waals surface area contributed by atoms with E-state index in [4.69, 9.17) is 4.98 Å². The Labute approximate surface area is 181 Å². The van der Waals surface area contributed by atoms with Crippen molar-refractivity contribution < 1.29 is 4.21 Å². The summed E-state index contributed by atoms with van der Waals surface area (Å²) in [6.45, 7) is 0. The fraction of sp³-hybridized carbons (Fsp3) is 0.217. The third kappa shape index (κ3) is 3.14. The molecule has 5 aromatic rings. The molecular weight excluding hydrogens is 408 g/mol. The molecule has 1 aliphatic heterocycles. The SMILES string of the molecule is O=S1CCC(c2nc3c(-c4ccc(-c5cccnc5)nc4)cnn3c3[nH]ccc23)CC1. The lowest BCUT2D eigenvalue weighted by atomic mass is 9.96. The molecule has 0 bridgehead atoms. The fourth-order valence-electron chi connectivity index (χ4n) is 4.35. The maximum absolute atomic E-state index is 11.9. The monoisotopic (exact) mass is 428 g/mol. The topological polar surface area (TPSA) is 88.8 Å². The Bertz CT molecular complexity index is 1400. The molecule has 1 N–H and O–H groups in total. The zero-order valence-corrected chi connectivity index (χ0v) is 17.5. The van der Waals surface area contributed by atoms with E-state index in [0.29, 0.717) is 5.92 Å². The number of nitrogens with one attached hydrogen (secondary N) is 1. The van der Waals surface area contributed by atoms with Gasteiger partial charge < -0.3 is 4.98 Å². The zero-order valence-electron chi connectivity index (χ0n) is 16.7. The van der Waals surface area contributed by atoms with Crippen LogP contribution in [0.25, 0.3) is 39.1 Å². The van der Waals surface area contributed by atoms with E-state index in [1.165, 1.54) is 0 Å². The molecule has 0 aromatic carbocycles. The van der Waals surface area contributed by atoms with Gasteiger partial charge in [-0.15, -0.1) is 0 Å². The van der Waals surface area contributed by atoms with E-state index in [-0.39, 0.29) is 0 Å². The highest BCUT2D eigenvalue weighted by Gasteiger charge is 2.25. The van der Waals surface area contributed by atoms with Crippen molar-refractivity contribution in [1.29, 1.82) is 0 Å². The van der Waals surface area contributed by atoms with Crippen LogP contribution in [0, 0.1) is 0 Å². The minimum atomic E-state index is -0.696. The van der Waals surface area contributed by atoms with Gasteiger partial charge in [0.25, 0.3) is 0 Å². The van der Waals surface area contributed by atoms with Crippen molar-refractivity contribution in [2.45, 2.75) is 18.8 Å². The standard InChI is InChI=1S/C23H20N6OS/c30-31-10-6-15(7-11-31)21-18-5-9-25-22(18)29-23(28-21)19(14-27-29)16-3-4-20(26-13-16)17-2-1-8-24-12-17/h1-5,8-9,12-15,25H,6-7,10-11H2. The molecule has 0 spiro atoms. The first kappa shape index (κ1) is 18.4. The summed E-state index contributed by atoms with van der Waals surface area (Å²) >= 11 is 0. The summed E-state index contributed by atoms with van der Waals surface area (Å²) in [6, 6.07) is 10.0. The Morgan fingerprint density at radius 3 is 2.71 bits per heavy atom. The van der Waals surface area contributed by atoms with Gasteiger partial charge in [0.1, 0.15) is 5.65 Å². The van der Waals surface area contributed by atoms with Crippen LogP contribution >= 0.6 is 0 Å². The number of hydrogen-bond donors (Lipinski definition) is 1. The van der Waals surface area contributed by atoms with Crippen molar-refractivity contribution in [1.82, 2.24) is 29.5 Å². The van der Waals surface area contributed by atoms with Crippen LogP contribution in [-0.4, -0.2) is 45.3 Å². The molecule has 6 heterocycles. The number of aromatic amines is 1. The molecule has 0 aliphatic carbocycles. The maximum atomic E-state index is 11.9. The number of H-pyrrole nitrogens is 1. The van der Waals surface area contributed by atoms with Gasteiger partial charge in [0.05, 0.1) is 17.6 Å². The van der Waals surface area contributed by atoms with E-state index >= 15 is 0 Å². The van der Waals surface area contributed by atoms with Gasteiger partial charge in [0.2, 0.25) is 0 Å².